The van der Waals surface area contributed by atoms with Gasteiger partial charge in [-0.2, -0.15) is 0 Å². The van der Waals surface area contributed by atoms with Crippen LogP contribution in [0.5, 0.6) is 0 Å². The van der Waals surface area contributed by atoms with Crippen LogP contribution >= 0.6 is 0 Å². The van der Waals surface area contributed by atoms with Crippen LogP contribution in [0.1, 0.15) is 0 Å². The van der Waals surface area contributed by atoms with Crippen molar-refractivity contribution in [2.45, 2.75) is 4.90 Å². The lowest BCUT2D eigenvalue weighted by atomic mass is 10.3. The van der Waals surface area contributed by atoms with Gasteiger partial charge in [0.25, 0.3) is 0 Å². The molecule has 0 atom stereocenters. The molecule has 0 spiro atoms. The SMILES string of the molecule is NNc1ccccc1S(=O)(=O)NCCOCC(N)=O. The predicted molar refractivity (Wildman–Crippen MR) is 69.5 cm³/mol. The van der Waals surface area contributed by atoms with Crippen molar-refractivity contribution in [1.29, 1.82) is 0 Å². The Kier molecular flexibility index (Phi) is 5.70. The molecule has 0 unspecified atom stereocenters. The molecule has 0 aromatic heterocycles. The van der Waals surface area contributed by atoms with Gasteiger partial charge in [-0.15, -0.1) is 0 Å². The highest BCUT2D eigenvalue weighted by atomic mass is 32.2. The van der Waals surface area contributed by atoms with Gasteiger partial charge in [0.2, 0.25) is 15.9 Å². The van der Waals surface area contributed by atoms with Crippen LogP contribution in [-0.2, 0) is 19.6 Å². The van der Waals surface area contributed by atoms with Crippen molar-refractivity contribution in [3.05, 3.63) is 24.3 Å². The van der Waals surface area contributed by atoms with E-state index >= 15 is 0 Å². The summed E-state index contributed by atoms with van der Waals surface area (Å²) in [5.74, 6) is 4.63. The molecule has 0 heterocycles. The zero-order chi connectivity index (χ0) is 14.3. The number of amides is 1. The third-order valence-electron chi connectivity index (χ3n) is 2.11. The number of carbonyl (C=O) groups is 1. The second-order valence-corrected chi connectivity index (χ2v) is 5.29. The van der Waals surface area contributed by atoms with Crippen molar-refractivity contribution < 1.29 is 17.9 Å². The Balaban J connectivity index is 2.59. The van der Waals surface area contributed by atoms with Gasteiger partial charge >= 0.3 is 0 Å². The van der Waals surface area contributed by atoms with E-state index in [2.05, 4.69) is 10.1 Å². The number of anilines is 1. The maximum atomic E-state index is 12.0. The van der Waals surface area contributed by atoms with E-state index in [1.165, 1.54) is 12.1 Å². The zero-order valence-corrected chi connectivity index (χ0v) is 10.9. The molecule has 8 nitrogen and oxygen atoms in total. The second kappa shape index (κ2) is 7.04. The fourth-order valence-corrected chi connectivity index (χ4v) is 2.50. The first kappa shape index (κ1) is 15.4. The summed E-state index contributed by atoms with van der Waals surface area (Å²) < 4.78 is 31.1. The summed E-state index contributed by atoms with van der Waals surface area (Å²) in [5, 5.41) is 0. The summed E-state index contributed by atoms with van der Waals surface area (Å²) in [6.07, 6.45) is 0. The Morgan fingerprint density at radius 1 is 1.32 bits per heavy atom. The molecule has 0 saturated carbocycles. The lowest BCUT2D eigenvalue weighted by Crippen LogP contribution is -2.29. The number of hydrogen-bond donors (Lipinski definition) is 4. The molecule has 0 radical (unpaired) electrons. The summed E-state index contributed by atoms with van der Waals surface area (Å²) in [7, 11) is -3.69. The van der Waals surface area contributed by atoms with Gasteiger partial charge in [0.05, 0.1) is 12.3 Å². The molecular weight excluding hydrogens is 272 g/mol. The maximum Gasteiger partial charge on any atom is 0.243 e. The van der Waals surface area contributed by atoms with Crippen molar-refractivity contribution >= 4 is 21.6 Å². The molecular formula is C10H16N4O4S. The molecule has 19 heavy (non-hydrogen) atoms. The average Bonchev–Trinajstić information content (AvgIpc) is 2.37. The van der Waals surface area contributed by atoms with E-state index in [1.54, 1.807) is 12.1 Å². The van der Waals surface area contributed by atoms with Gasteiger partial charge in [0, 0.05) is 6.54 Å². The minimum atomic E-state index is -3.69. The molecule has 106 valence electrons. The normalized spacial score (nSPS) is 11.2. The molecule has 0 aliphatic heterocycles. The number of sulfonamides is 1. The molecule has 6 N–H and O–H groups in total. The van der Waals surface area contributed by atoms with Crippen LogP contribution < -0.4 is 21.7 Å². The number of ether oxygens (including phenoxy) is 1. The van der Waals surface area contributed by atoms with Crippen molar-refractivity contribution in [2.24, 2.45) is 11.6 Å². The number of hydrogen-bond acceptors (Lipinski definition) is 6. The molecule has 0 aliphatic carbocycles. The fraction of sp³-hybridized carbons (Fsp3) is 0.300. The second-order valence-electron chi connectivity index (χ2n) is 3.56. The molecule has 9 heteroatoms. The van der Waals surface area contributed by atoms with Gasteiger partial charge in [0.15, 0.2) is 0 Å². The van der Waals surface area contributed by atoms with Crippen LogP contribution in [0.3, 0.4) is 0 Å². The largest absolute Gasteiger partial charge is 0.370 e. The van der Waals surface area contributed by atoms with Crippen LogP contribution in [0.4, 0.5) is 5.69 Å². The van der Waals surface area contributed by atoms with Crippen LogP contribution in [-0.4, -0.2) is 34.1 Å². The van der Waals surface area contributed by atoms with E-state index in [0.717, 1.165) is 0 Å². The van der Waals surface area contributed by atoms with Gasteiger partial charge in [0.1, 0.15) is 11.5 Å². The Morgan fingerprint density at radius 3 is 2.63 bits per heavy atom. The van der Waals surface area contributed by atoms with E-state index in [1.807, 2.05) is 0 Å². The fourth-order valence-electron chi connectivity index (χ4n) is 1.32. The van der Waals surface area contributed by atoms with E-state index in [4.69, 9.17) is 16.3 Å². The third kappa shape index (κ3) is 4.83. The number of hydrazine groups is 1. The van der Waals surface area contributed by atoms with Crippen molar-refractivity contribution in [2.75, 3.05) is 25.2 Å². The molecule has 0 aliphatic rings. The zero-order valence-electron chi connectivity index (χ0n) is 10.1. The molecule has 1 rings (SSSR count). The minimum Gasteiger partial charge on any atom is -0.370 e. The Morgan fingerprint density at radius 2 is 2.00 bits per heavy atom. The molecule has 0 bridgehead atoms. The highest BCUT2D eigenvalue weighted by molar-refractivity contribution is 7.89. The van der Waals surface area contributed by atoms with E-state index in [9.17, 15) is 13.2 Å². The van der Waals surface area contributed by atoms with Crippen LogP contribution in [0, 0.1) is 0 Å². The Bertz CT molecular complexity index is 532. The van der Waals surface area contributed by atoms with E-state index in [-0.39, 0.29) is 30.3 Å². The lowest BCUT2D eigenvalue weighted by molar-refractivity contribution is -0.122. The molecule has 1 aromatic carbocycles. The summed E-state index contributed by atoms with van der Waals surface area (Å²) in [5.41, 5.74) is 7.46. The molecule has 1 aromatic rings. The topological polar surface area (TPSA) is 137 Å². The highest BCUT2D eigenvalue weighted by Gasteiger charge is 2.16. The lowest BCUT2D eigenvalue weighted by Gasteiger charge is -2.10. The van der Waals surface area contributed by atoms with Gasteiger partial charge in [-0.1, -0.05) is 12.1 Å². The predicted octanol–water partition coefficient (Wildman–Crippen LogP) is -1.25. The number of nitrogens with two attached hydrogens (primary N) is 2. The molecule has 0 fully saturated rings. The Hall–Kier alpha value is -1.68. The maximum absolute atomic E-state index is 12.0. The number of rotatable bonds is 8. The average molecular weight is 288 g/mol. The van der Waals surface area contributed by atoms with Crippen LogP contribution in [0.15, 0.2) is 29.2 Å². The van der Waals surface area contributed by atoms with Gasteiger partial charge in [-0.25, -0.2) is 13.1 Å². The summed E-state index contributed by atoms with van der Waals surface area (Å²) in [4.78, 5) is 10.4. The summed E-state index contributed by atoms with van der Waals surface area (Å²) in [6, 6.07) is 6.20. The smallest absolute Gasteiger partial charge is 0.243 e. The standard InChI is InChI=1S/C10H16N4O4S/c11-10(15)7-18-6-5-13-19(16,17)9-4-2-1-3-8(9)14-12/h1-4,13-14H,5-7,12H2,(H2,11,15). The highest BCUT2D eigenvalue weighted by Crippen LogP contribution is 2.18. The monoisotopic (exact) mass is 288 g/mol. The number of carbonyl (C=O) groups excluding carboxylic acids is 1. The van der Waals surface area contributed by atoms with Crippen LogP contribution in [0.2, 0.25) is 0 Å². The molecule has 1 amide bonds. The third-order valence-corrected chi connectivity index (χ3v) is 3.63. The Labute approximate surface area is 111 Å². The van der Waals surface area contributed by atoms with Crippen LogP contribution in [0.25, 0.3) is 0 Å². The first-order valence-electron chi connectivity index (χ1n) is 5.38. The van der Waals surface area contributed by atoms with Crippen molar-refractivity contribution in [3.63, 3.8) is 0 Å². The summed E-state index contributed by atoms with van der Waals surface area (Å²) >= 11 is 0. The first-order chi connectivity index (χ1) is 8.97. The van der Waals surface area contributed by atoms with Gasteiger partial charge in [-0.05, 0) is 12.1 Å². The quantitative estimate of drug-likeness (QED) is 0.268. The molecule has 0 saturated heterocycles. The van der Waals surface area contributed by atoms with E-state index in [0.29, 0.717) is 0 Å². The van der Waals surface area contributed by atoms with E-state index < -0.39 is 15.9 Å². The van der Waals surface area contributed by atoms with Gasteiger partial charge in [-0.3, -0.25) is 10.6 Å². The number of primary amides is 1. The summed E-state index contributed by atoms with van der Waals surface area (Å²) in [6.45, 7) is -0.183. The van der Waals surface area contributed by atoms with Crippen molar-refractivity contribution in [3.8, 4) is 0 Å². The van der Waals surface area contributed by atoms with Gasteiger partial charge < -0.3 is 15.9 Å². The number of nitrogens with one attached hydrogen (secondary N) is 2. The number of nitrogen functional groups attached to an aromatic ring is 1. The van der Waals surface area contributed by atoms with Crippen molar-refractivity contribution in [1.82, 2.24) is 4.72 Å². The number of para-hydroxylation sites is 1. The minimum absolute atomic E-state index is 0.0223. The first-order valence-corrected chi connectivity index (χ1v) is 6.87. The number of benzene rings is 1.